The summed E-state index contributed by atoms with van der Waals surface area (Å²) in [4.78, 5) is 17.3. The third-order valence-electron chi connectivity index (χ3n) is 4.31. The van der Waals surface area contributed by atoms with Crippen molar-refractivity contribution in [1.82, 2.24) is 9.88 Å². The number of hydrogen-bond acceptors (Lipinski definition) is 4. The lowest BCUT2D eigenvalue weighted by molar-refractivity contribution is -0.137. The molecule has 0 fully saturated rings. The lowest BCUT2D eigenvalue weighted by atomic mass is 10.1. The van der Waals surface area contributed by atoms with Crippen molar-refractivity contribution in [1.29, 1.82) is 5.41 Å². The number of aromatic nitrogens is 1. The van der Waals surface area contributed by atoms with Crippen LogP contribution in [-0.2, 0) is 4.79 Å². The summed E-state index contributed by atoms with van der Waals surface area (Å²) in [5.74, 6) is -0.596. The fraction of sp³-hybridized carbons (Fsp3) is 0.250. The predicted molar refractivity (Wildman–Crippen MR) is 105 cm³/mol. The van der Waals surface area contributed by atoms with Crippen LogP contribution in [0.1, 0.15) is 13.3 Å². The molecule has 0 aliphatic carbocycles. The van der Waals surface area contributed by atoms with Crippen LogP contribution in [0.3, 0.4) is 0 Å². The molecule has 0 saturated carbocycles. The number of carboxylic acids is 1. The number of anilines is 1. The van der Waals surface area contributed by atoms with E-state index in [1.165, 1.54) is 0 Å². The molecule has 26 heavy (non-hydrogen) atoms. The Morgan fingerprint density at radius 1 is 1.12 bits per heavy atom. The van der Waals surface area contributed by atoms with Crippen LogP contribution in [-0.4, -0.2) is 46.4 Å². The zero-order valence-corrected chi connectivity index (χ0v) is 14.7. The molecule has 0 radical (unpaired) electrons. The Balaban J connectivity index is 1.87. The van der Waals surface area contributed by atoms with Crippen LogP contribution in [0.4, 0.5) is 5.69 Å². The molecular weight excluding hydrogens is 328 g/mol. The second-order valence-corrected chi connectivity index (χ2v) is 6.06. The lowest BCUT2D eigenvalue weighted by Gasteiger charge is -2.23. The molecule has 134 valence electrons. The summed E-state index contributed by atoms with van der Waals surface area (Å²) in [5, 5.41) is 22.5. The summed E-state index contributed by atoms with van der Waals surface area (Å²) < 4.78 is 0. The van der Waals surface area contributed by atoms with Gasteiger partial charge in [-0.1, -0.05) is 43.3 Å². The Morgan fingerprint density at radius 2 is 1.69 bits per heavy atom. The first kappa shape index (κ1) is 17.7. The number of carboxylic acid groups (broad SMARTS) is 1. The van der Waals surface area contributed by atoms with Gasteiger partial charge in [-0.3, -0.25) is 10.2 Å². The highest BCUT2D eigenvalue weighted by Crippen LogP contribution is 2.30. The van der Waals surface area contributed by atoms with E-state index in [9.17, 15) is 4.79 Å². The van der Waals surface area contributed by atoms with Crippen molar-refractivity contribution in [2.24, 2.45) is 0 Å². The molecule has 6 nitrogen and oxygen atoms in total. The van der Waals surface area contributed by atoms with Crippen molar-refractivity contribution < 1.29 is 9.90 Å². The maximum atomic E-state index is 11.0. The summed E-state index contributed by atoms with van der Waals surface area (Å²) in [5.41, 5.74) is 2.82. The molecule has 0 unspecified atom stereocenters. The number of nitrogens with one attached hydrogen (secondary N) is 2. The maximum absolute atomic E-state index is 11.0. The van der Waals surface area contributed by atoms with E-state index in [4.69, 9.17) is 15.5 Å². The normalized spacial score (nSPS) is 10.8. The Kier molecular flexibility index (Phi) is 5.31. The molecule has 0 saturated heterocycles. The Labute approximate surface area is 152 Å². The Hall–Kier alpha value is -3.15. The second-order valence-electron chi connectivity index (χ2n) is 6.06. The van der Waals surface area contributed by atoms with E-state index in [2.05, 4.69) is 5.32 Å². The van der Waals surface area contributed by atoms with E-state index in [0.29, 0.717) is 25.3 Å². The molecule has 1 heterocycles. The smallest absolute Gasteiger partial charge is 0.323 e. The fourth-order valence-corrected chi connectivity index (χ4v) is 3.04. The van der Waals surface area contributed by atoms with Crippen molar-refractivity contribution >= 4 is 39.3 Å². The maximum Gasteiger partial charge on any atom is 0.323 e. The average molecular weight is 350 g/mol. The number of nitrogens with zero attached hydrogens (tertiary/aromatic N) is 2. The first-order valence-corrected chi connectivity index (χ1v) is 8.65. The summed E-state index contributed by atoms with van der Waals surface area (Å²) in [6.45, 7) is 2.68. The van der Waals surface area contributed by atoms with Crippen molar-refractivity contribution in [2.75, 3.05) is 25.0 Å². The largest absolute Gasteiger partial charge is 0.480 e. The van der Waals surface area contributed by atoms with Gasteiger partial charge in [0.15, 0.2) is 0 Å². The van der Waals surface area contributed by atoms with Crippen LogP contribution in [0, 0.1) is 5.41 Å². The summed E-state index contributed by atoms with van der Waals surface area (Å²) in [6.07, 6.45) is 0.508. The van der Waals surface area contributed by atoms with Gasteiger partial charge >= 0.3 is 5.97 Å². The second kappa shape index (κ2) is 7.82. The molecule has 0 aliphatic heterocycles. The highest BCUT2D eigenvalue weighted by molar-refractivity contribution is 6.07. The molecule has 6 heteroatoms. The molecule has 3 rings (SSSR count). The van der Waals surface area contributed by atoms with Crippen molar-refractivity contribution in [2.45, 2.75) is 13.3 Å². The van der Waals surface area contributed by atoms with Crippen LogP contribution in [0.5, 0.6) is 0 Å². The molecule has 0 amide bonds. The van der Waals surface area contributed by atoms with Gasteiger partial charge in [-0.05, 0) is 12.1 Å². The predicted octanol–water partition coefficient (Wildman–Crippen LogP) is 3.57. The third-order valence-corrected chi connectivity index (χ3v) is 4.31. The van der Waals surface area contributed by atoms with Gasteiger partial charge in [0, 0.05) is 30.3 Å². The minimum absolute atomic E-state index is 0.161. The van der Waals surface area contributed by atoms with E-state index in [1.807, 2.05) is 55.5 Å². The molecule has 0 aliphatic rings. The van der Waals surface area contributed by atoms with Crippen LogP contribution in [0.2, 0.25) is 0 Å². The Morgan fingerprint density at radius 3 is 2.23 bits per heavy atom. The molecule has 0 spiro atoms. The standard InChI is InChI=1S/C20H22N4O2/c1-2-18(21)24(13-19(25)26)12-11-22-20-14-7-3-5-9-16(14)23-17-10-6-4-8-15(17)20/h3-10,21H,2,11-13H2,1H3,(H,22,23)(H,25,26). The SMILES string of the molecule is CCC(=N)N(CCNc1c2ccccc2nc2ccccc12)CC(=O)O. The summed E-state index contributed by atoms with van der Waals surface area (Å²) in [7, 11) is 0. The molecule has 0 atom stereocenters. The molecule has 2 aromatic carbocycles. The molecule has 3 N–H and O–H groups in total. The fourth-order valence-electron chi connectivity index (χ4n) is 3.04. The van der Waals surface area contributed by atoms with Crippen LogP contribution < -0.4 is 5.32 Å². The molecule has 1 aromatic heterocycles. The van der Waals surface area contributed by atoms with Crippen molar-refractivity contribution in [3.63, 3.8) is 0 Å². The highest BCUT2D eigenvalue weighted by atomic mass is 16.4. The number of benzene rings is 2. The van der Waals surface area contributed by atoms with E-state index in [1.54, 1.807) is 4.90 Å². The quantitative estimate of drug-likeness (QED) is 0.344. The minimum atomic E-state index is -0.928. The Bertz CT molecular complexity index is 901. The summed E-state index contributed by atoms with van der Waals surface area (Å²) >= 11 is 0. The zero-order valence-electron chi connectivity index (χ0n) is 14.7. The molecule has 0 bridgehead atoms. The highest BCUT2D eigenvalue weighted by Gasteiger charge is 2.13. The van der Waals surface area contributed by atoms with Crippen LogP contribution in [0.15, 0.2) is 48.5 Å². The molecule has 3 aromatic rings. The number of aliphatic carboxylic acids is 1. The van der Waals surface area contributed by atoms with Crippen molar-refractivity contribution in [3.8, 4) is 0 Å². The first-order chi connectivity index (χ1) is 12.6. The number of carbonyl (C=O) groups is 1. The van der Waals surface area contributed by atoms with Gasteiger partial charge in [0.1, 0.15) is 6.54 Å². The van der Waals surface area contributed by atoms with Gasteiger partial charge in [-0.25, -0.2) is 4.98 Å². The van der Waals surface area contributed by atoms with Gasteiger partial charge in [0.05, 0.1) is 22.6 Å². The number of fused-ring (bicyclic) bond motifs is 2. The van der Waals surface area contributed by atoms with Gasteiger partial charge in [-0.15, -0.1) is 0 Å². The third kappa shape index (κ3) is 3.74. The number of para-hydroxylation sites is 2. The van der Waals surface area contributed by atoms with Crippen molar-refractivity contribution in [3.05, 3.63) is 48.5 Å². The van der Waals surface area contributed by atoms with Crippen LogP contribution in [0.25, 0.3) is 21.8 Å². The van der Waals surface area contributed by atoms with Gasteiger partial charge in [0.25, 0.3) is 0 Å². The zero-order chi connectivity index (χ0) is 18.5. The number of rotatable bonds is 7. The molecular formula is C20H22N4O2. The summed E-state index contributed by atoms with van der Waals surface area (Å²) in [6, 6.07) is 15.9. The number of pyridine rings is 1. The van der Waals surface area contributed by atoms with E-state index in [-0.39, 0.29) is 6.54 Å². The first-order valence-electron chi connectivity index (χ1n) is 8.65. The number of amidine groups is 1. The van der Waals surface area contributed by atoms with E-state index < -0.39 is 5.97 Å². The topological polar surface area (TPSA) is 89.3 Å². The van der Waals surface area contributed by atoms with Gasteiger partial charge in [-0.2, -0.15) is 0 Å². The van der Waals surface area contributed by atoms with E-state index >= 15 is 0 Å². The van der Waals surface area contributed by atoms with Crippen LogP contribution >= 0.6 is 0 Å². The van der Waals surface area contributed by atoms with Gasteiger partial charge in [0.2, 0.25) is 0 Å². The average Bonchev–Trinajstić information content (AvgIpc) is 2.65. The van der Waals surface area contributed by atoms with E-state index in [0.717, 1.165) is 27.5 Å². The lowest BCUT2D eigenvalue weighted by Crippen LogP contribution is -2.38. The monoisotopic (exact) mass is 350 g/mol. The minimum Gasteiger partial charge on any atom is -0.480 e. The number of hydrogen-bond donors (Lipinski definition) is 3. The van der Waals surface area contributed by atoms with Gasteiger partial charge < -0.3 is 15.3 Å².